The number of carbonyl (C=O) groups excluding carboxylic acids is 1. The molecule has 1 aromatic heterocycles. The summed E-state index contributed by atoms with van der Waals surface area (Å²) in [4.78, 5) is 12.4. The highest BCUT2D eigenvalue weighted by molar-refractivity contribution is 5.91. The Morgan fingerprint density at radius 3 is 2.64 bits per heavy atom. The van der Waals surface area contributed by atoms with Crippen molar-refractivity contribution in [3.05, 3.63) is 78.4 Å². The molecule has 4 rings (SSSR count). The minimum absolute atomic E-state index is 0.0549. The Kier molecular flexibility index (Phi) is 5.06. The van der Waals surface area contributed by atoms with E-state index in [1.54, 1.807) is 7.11 Å². The third-order valence-electron chi connectivity index (χ3n) is 4.75. The molecule has 3 aromatic carbocycles. The van der Waals surface area contributed by atoms with E-state index in [9.17, 15) is 4.79 Å². The highest BCUT2D eigenvalue weighted by atomic mass is 16.5. The van der Waals surface area contributed by atoms with Crippen molar-refractivity contribution >= 4 is 22.5 Å². The predicted molar refractivity (Wildman–Crippen MR) is 111 cm³/mol. The summed E-state index contributed by atoms with van der Waals surface area (Å²) in [5, 5.41) is 12.4. The molecule has 0 spiro atoms. The SMILES string of the molecule is COc1ccc(-c2cc(NC(=O)CCc3cccc4ccccc34)n[nH]2)cc1. The number of H-pyrrole nitrogens is 1. The normalized spacial score (nSPS) is 10.8. The molecule has 5 heteroatoms. The van der Waals surface area contributed by atoms with E-state index in [1.165, 1.54) is 16.3 Å². The second-order valence-corrected chi connectivity index (χ2v) is 6.58. The van der Waals surface area contributed by atoms with Crippen LogP contribution in [-0.4, -0.2) is 23.2 Å². The molecule has 0 atom stereocenters. The lowest BCUT2D eigenvalue weighted by atomic mass is 10.0. The maximum Gasteiger partial charge on any atom is 0.225 e. The highest BCUT2D eigenvalue weighted by Crippen LogP contribution is 2.23. The fourth-order valence-electron chi connectivity index (χ4n) is 3.27. The van der Waals surface area contributed by atoms with Crippen molar-refractivity contribution in [1.29, 1.82) is 0 Å². The van der Waals surface area contributed by atoms with Gasteiger partial charge in [-0.15, -0.1) is 0 Å². The molecule has 0 bridgehead atoms. The van der Waals surface area contributed by atoms with Gasteiger partial charge in [-0.2, -0.15) is 5.10 Å². The summed E-state index contributed by atoms with van der Waals surface area (Å²) in [6.45, 7) is 0. The molecule has 4 aromatic rings. The molecule has 0 aliphatic heterocycles. The number of nitrogens with one attached hydrogen (secondary N) is 2. The van der Waals surface area contributed by atoms with Crippen LogP contribution in [0.3, 0.4) is 0 Å². The van der Waals surface area contributed by atoms with Gasteiger partial charge in [0, 0.05) is 12.5 Å². The number of hydrogen-bond acceptors (Lipinski definition) is 3. The lowest BCUT2D eigenvalue weighted by Crippen LogP contribution is -2.12. The van der Waals surface area contributed by atoms with Gasteiger partial charge in [0.2, 0.25) is 5.91 Å². The smallest absolute Gasteiger partial charge is 0.225 e. The van der Waals surface area contributed by atoms with Gasteiger partial charge >= 0.3 is 0 Å². The summed E-state index contributed by atoms with van der Waals surface area (Å²) in [5.41, 5.74) is 2.99. The van der Waals surface area contributed by atoms with Gasteiger partial charge in [-0.25, -0.2) is 0 Å². The number of nitrogens with zero attached hydrogens (tertiary/aromatic N) is 1. The standard InChI is InChI=1S/C23H21N3O2/c1-28-19-12-9-18(10-13-19)21-15-22(26-25-21)24-23(27)14-11-17-7-4-6-16-5-2-3-8-20(16)17/h2-10,12-13,15H,11,14H2,1H3,(H2,24,25,26,27). The van der Waals surface area contributed by atoms with Crippen LogP contribution in [0.2, 0.25) is 0 Å². The predicted octanol–water partition coefficient (Wildman–Crippen LogP) is 4.81. The number of fused-ring (bicyclic) bond motifs is 1. The van der Waals surface area contributed by atoms with Crippen LogP contribution in [0.15, 0.2) is 72.8 Å². The first kappa shape index (κ1) is 17.8. The zero-order chi connectivity index (χ0) is 19.3. The quantitative estimate of drug-likeness (QED) is 0.511. The molecule has 1 amide bonds. The van der Waals surface area contributed by atoms with Crippen LogP contribution in [0.5, 0.6) is 5.75 Å². The van der Waals surface area contributed by atoms with E-state index in [2.05, 4.69) is 39.8 Å². The number of aryl methyl sites for hydroxylation is 1. The van der Waals surface area contributed by atoms with E-state index in [4.69, 9.17) is 4.74 Å². The van der Waals surface area contributed by atoms with Gasteiger partial charge in [-0.3, -0.25) is 9.89 Å². The van der Waals surface area contributed by atoms with Gasteiger partial charge in [0.05, 0.1) is 12.8 Å². The topological polar surface area (TPSA) is 67.0 Å². The Labute approximate surface area is 163 Å². The van der Waals surface area contributed by atoms with Crippen LogP contribution in [0.25, 0.3) is 22.0 Å². The summed E-state index contributed by atoms with van der Waals surface area (Å²) in [5.74, 6) is 1.26. The highest BCUT2D eigenvalue weighted by Gasteiger charge is 2.09. The van der Waals surface area contributed by atoms with Gasteiger partial charge in [-0.05, 0) is 52.6 Å². The molecule has 1 heterocycles. The molecule has 5 nitrogen and oxygen atoms in total. The average molecular weight is 371 g/mol. The van der Waals surface area contributed by atoms with Crippen LogP contribution < -0.4 is 10.1 Å². The van der Waals surface area contributed by atoms with Crippen molar-refractivity contribution in [3.63, 3.8) is 0 Å². The maximum atomic E-state index is 12.4. The van der Waals surface area contributed by atoms with Crippen LogP contribution in [0.4, 0.5) is 5.82 Å². The van der Waals surface area contributed by atoms with E-state index in [0.717, 1.165) is 17.0 Å². The lowest BCUT2D eigenvalue weighted by Gasteiger charge is -2.06. The van der Waals surface area contributed by atoms with E-state index in [-0.39, 0.29) is 5.91 Å². The van der Waals surface area contributed by atoms with Crippen LogP contribution in [-0.2, 0) is 11.2 Å². The molecule has 0 saturated carbocycles. The third-order valence-corrected chi connectivity index (χ3v) is 4.75. The van der Waals surface area contributed by atoms with E-state index in [1.807, 2.05) is 48.5 Å². The Hall–Kier alpha value is -3.60. The van der Waals surface area contributed by atoms with Crippen LogP contribution in [0, 0.1) is 0 Å². The molecule has 0 fully saturated rings. The summed E-state index contributed by atoms with van der Waals surface area (Å²) in [6.07, 6.45) is 1.09. The Balaban J connectivity index is 1.39. The molecule has 0 aliphatic rings. The van der Waals surface area contributed by atoms with Crippen molar-refractivity contribution in [1.82, 2.24) is 10.2 Å². The molecule has 0 radical (unpaired) electrons. The number of methoxy groups -OCH3 is 1. The van der Waals surface area contributed by atoms with Crippen molar-refractivity contribution in [2.45, 2.75) is 12.8 Å². The molecular weight excluding hydrogens is 350 g/mol. The van der Waals surface area contributed by atoms with Gasteiger partial charge in [0.1, 0.15) is 5.75 Å². The fraction of sp³-hybridized carbons (Fsp3) is 0.130. The second-order valence-electron chi connectivity index (χ2n) is 6.58. The molecule has 0 saturated heterocycles. The average Bonchev–Trinajstić information content (AvgIpc) is 3.20. The van der Waals surface area contributed by atoms with Gasteiger partial charge in [0.15, 0.2) is 5.82 Å². The first-order valence-electron chi connectivity index (χ1n) is 9.19. The van der Waals surface area contributed by atoms with Crippen molar-refractivity contribution in [2.75, 3.05) is 12.4 Å². The number of carbonyl (C=O) groups is 1. The molecule has 0 unspecified atom stereocenters. The molecule has 140 valence electrons. The van der Waals surface area contributed by atoms with Crippen LogP contribution in [0.1, 0.15) is 12.0 Å². The second kappa shape index (κ2) is 7.96. The first-order valence-corrected chi connectivity index (χ1v) is 9.19. The van der Waals surface area contributed by atoms with Gasteiger partial charge < -0.3 is 10.1 Å². The number of hydrogen-bond donors (Lipinski definition) is 2. The van der Waals surface area contributed by atoms with Crippen molar-refractivity contribution < 1.29 is 9.53 Å². The van der Waals surface area contributed by atoms with Gasteiger partial charge in [0.25, 0.3) is 0 Å². The summed E-state index contributed by atoms with van der Waals surface area (Å²) < 4.78 is 5.17. The zero-order valence-corrected chi connectivity index (χ0v) is 15.6. The summed E-state index contributed by atoms with van der Waals surface area (Å²) >= 11 is 0. The largest absolute Gasteiger partial charge is 0.497 e. The first-order chi connectivity index (χ1) is 13.7. The monoisotopic (exact) mass is 371 g/mol. The number of aromatic nitrogens is 2. The number of rotatable bonds is 6. The number of aromatic amines is 1. The van der Waals surface area contributed by atoms with E-state index >= 15 is 0 Å². The Bertz CT molecular complexity index is 1100. The van der Waals surface area contributed by atoms with E-state index in [0.29, 0.717) is 18.7 Å². The summed E-state index contributed by atoms with van der Waals surface area (Å²) in [7, 11) is 1.64. The fourth-order valence-corrected chi connectivity index (χ4v) is 3.27. The third kappa shape index (κ3) is 3.88. The maximum absolute atomic E-state index is 12.4. The number of anilines is 1. The molecule has 28 heavy (non-hydrogen) atoms. The zero-order valence-electron chi connectivity index (χ0n) is 15.6. The minimum atomic E-state index is -0.0549. The van der Waals surface area contributed by atoms with Crippen molar-refractivity contribution in [2.24, 2.45) is 0 Å². The number of ether oxygens (including phenoxy) is 1. The van der Waals surface area contributed by atoms with Crippen molar-refractivity contribution in [3.8, 4) is 17.0 Å². The number of amides is 1. The molecular formula is C23H21N3O2. The lowest BCUT2D eigenvalue weighted by molar-refractivity contribution is -0.116. The molecule has 2 N–H and O–H groups in total. The summed E-state index contributed by atoms with van der Waals surface area (Å²) in [6, 6.07) is 23.9. The van der Waals surface area contributed by atoms with E-state index < -0.39 is 0 Å². The number of benzene rings is 3. The van der Waals surface area contributed by atoms with Gasteiger partial charge in [-0.1, -0.05) is 42.5 Å². The Morgan fingerprint density at radius 1 is 1.04 bits per heavy atom. The minimum Gasteiger partial charge on any atom is -0.497 e. The Morgan fingerprint density at radius 2 is 1.82 bits per heavy atom. The molecule has 0 aliphatic carbocycles. The van der Waals surface area contributed by atoms with Crippen LogP contribution >= 0.6 is 0 Å².